The van der Waals surface area contributed by atoms with Gasteiger partial charge < -0.3 is 19.5 Å². The monoisotopic (exact) mass is 421 g/mol. The number of methoxy groups -OCH3 is 1. The Kier molecular flexibility index (Phi) is 4.85. The van der Waals surface area contributed by atoms with Crippen molar-refractivity contribution in [2.75, 3.05) is 20.2 Å². The van der Waals surface area contributed by atoms with Gasteiger partial charge in [-0.3, -0.25) is 0 Å². The Morgan fingerprint density at radius 3 is 2.68 bits per heavy atom. The third kappa shape index (κ3) is 3.24. The van der Waals surface area contributed by atoms with Gasteiger partial charge in [-0.15, -0.1) is 0 Å². The Morgan fingerprint density at radius 2 is 1.97 bits per heavy atom. The standard InChI is InChI=1S/C25H31N3O3/c1-16(2)27-12-10-25(11-13-27)28-21(18-6-5-7-23(30-4)24(18)31-25)15-20(26-28)19-14-17(3)8-9-22(19)29/h5-9,14,16,21,29H,10-13,15H2,1-4H3. The second kappa shape index (κ2) is 7.45. The van der Waals surface area contributed by atoms with Crippen LogP contribution in [0.4, 0.5) is 0 Å². The molecule has 2 aromatic rings. The van der Waals surface area contributed by atoms with E-state index in [0.29, 0.717) is 6.04 Å². The number of likely N-dealkylation sites (tertiary alicyclic amines) is 1. The zero-order chi connectivity index (χ0) is 21.8. The molecule has 0 bridgehead atoms. The largest absolute Gasteiger partial charge is 0.507 e. The Balaban J connectivity index is 1.59. The summed E-state index contributed by atoms with van der Waals surface area (Å²) in [6.07, 6.45) is 2.47. The number of hydrogen-bond acceptors (Lipinski definition) is 6. The van der Waals surface area contributed by atoms with Crippen LogP contribution in [-0.4, -0.2) is 52.7 Å². The maximum atomic E-state index is 10.5. The summed E-state index contributed by atoms with van der Waals surface area (Å²) in [5.41, 5.74) is 3.43. The Bertz CT molecular complexity index is 1020. The lowest BCUT2D eigenvalue weighted by Crippen LogP contribution is -2.59. The average Bonchev–Trinajstić information content (AvgIpc) is 3.22. The van der Waals surface area contributed by atoms with Gasteiger partial charge in [-0.25, -0.2) is 5.01 Å². The summed E-state index contributed by atoms with van der Waals surface area (Å²) < 4.78 is 12.4. The molecule has 0 radical (unpaired) electrons. The molecule has 0 aromatic heterocycles. The number of aryl methyl sites for hydroxylation is 1. The highest BCUT2D eigenvalue weighted by molar-refractivity contribution is 6.04. The smallest absolute Gasteiger partial charge is 0.200 e. The van der Waals surface area contributed by atoms with Crippen LogP contribution in [0.25, 0.3) is 0 Å². The van der Waals surface area contributed by atoms with Gasteiger partial charge in [0, 0.05) is 49.5 Å². The maximum Gasteiger partial charge on any atom is 0.200 e. The van der Waals surface area contributed by atoms with Crippen molar-refractivity contribution in [2.24, 2.45) is 5.10 Å². The minimum absolute atomic E-state index is 0.0689. The van der Waals surface area contributed by atoms with Crippen molar-refractivity contribution in [3.63, 3.8) is 0 Å². The minimum Gasteiger partial charge on any atom is -0.507 e. The number of hydrogen-bond donors (Lipinski definition) is 1. The molecular formula is C25H31N3O3. The van der Waals surface area contributed by atoms with Gasteiger partial charge in [-0.1, -0.05) is 23.8 Å². The fourth-order valence-corrected chi connectivity index (χ4v) is 5.19. The molecule has 1 unspecified atom stereocenters. The lowest BCUT2D eigenvalue weighted by Gasteiger charge is -2.51. The molecule has 3 aliphatic rings. The molecule has 3 heterocycles. The zero-order valence-electron chi connectivity index (χ0n) is 18.8. The van der Waals surface area contributed by atoms with E-state index in [1.807, 2.05) is 31.2 Å². The first-order chi connectivity index (χ1) is 14.9. The fourth-order valence-electron chi connectivity index (χ4n) is 5.19. The van der Waals surface area contributed by atoms with Crippen LogP contribution in [0, 0.1) is 6.92 Å². The molecule has 1 atom stereocenters. The predicted molar refractivity (Wildman–Crippen MR) is 121 cm³/mol. The molecule has 0 aliphatic carbocycles. The minimum atomic E-state index is -0.501. The molecule has 6 heteroatoms. The van der Waals surface area contributed by atoms with E-state index in [1.165, 1.54) is 0 Å². The molecule has 1 N–H and O–H groups in total. The molecule has 0 saturated carbocycles. The molecule has 0 amide bonds. The third-order valence-corrected chi connectivity index (χ3v) is 6.98. The van der Waals surface area contributed by atoms with Crippen LogP contribution in [-0.2, 0) is 0 Å². The van der Waals surface area contributed by atoms with Crippen LogP contribution in [0.5, 0.6) is 17.2 Å². The van der Waals surface area contributed by atoms with E-state index in [-0.39, 0.29) is 11.8 Å². The summed E-state index contributed by atoms with van der Waals surface area (Å²) in [7, 11) is 1.70. The van der Waals surface area contributed by atoms with Crippen molar-refractivity contribution in [3.8, 4) is 17.2 Å². The van der Waals surface area contributed by atoms with Crippen LogP contribution in [0.2, 0.25) is 0 Å². The number of phenolic OH excluding ortho intramolecular Hbond substituents is 1. The molecule has 6 nitrogen and oxygen atoms in total. The number of piperidine rings is 1. The third-order valence-electron chi connectivity index (χ3n) is 6.98. The van der Waals surface area contributed by atoms with Gasteiger partial charge in [0.25, 0.3) is 0 Å². The van der Waals surface area contributed by atoms with Gasteiger partial charge >= 0.3 is 0 Å². The van der Waals surface area contributed by atoms with Gasteiger partial charge in [-0.05, 0) is 39.0 Å². The number of fused-ring (bicyclic) bond motifs is 4. The van der Waals surface area contributed by atoms with Gasteiger partial charge in [0.05, 0.1) is 18.9 Å². The first kappa shape index (κ1) is 20.2. The summed E-state index contributed by atoms with van der Waals surface area (Å²) in [6.45, 7) is 8.46. The van der Waals surface area contributed by atoms with Crippen molar-refractivity contribution < 1.29 is 14.6 Å². The number of hydrazone groups is 1. The summed E-state index contributed by atoms with van der Waals surface area (Å²) >= 11 is 0. The second-order valence-electron chi connectivity index (χ2n) is 9.19. The van der Waals surface area contributed by atoms with Crippen LogP contribution in [0.3, 0.4) is 0 Å². The quantitative estimate of drug-likeness (QED) is 0.793. The van der Waals surface area contributed by atoms with Crippen LogP contribution in [0.1, 0.15) is 55.8 Å². The summed E-state index contributed by atoms with van der Waals surface area (Å²) in [6, 6.07) is 12.4. The first-order valence-electron chi connectivity index (χ1n) is 11.2. The summed E-state index contributed by atoms with van der Waals surface area (Å²) in [5.74, 6) is 1.89. The Morgan fingerprint density at radius 1 is 1.19 bits per heavy atom. The van der Waals surface area contributed by atoms with Crippen molar-refractivity contribution in [3.05, 3.63) is 53.1 Å². The van der Waals surface area contributed by atoms with E-state index in [9.17, 15) is 5.11 Å². The molecule has 164 valence electrons. The van der Waals surface area contributed by atoms with Gasteiger partial charge in [0.2, 0.25) is 5.72 Å². The van der Waals surface area contributed by atoms with Crippen molar-refractivity contribution in [1.29, 1.82) is 0 Å². The molecule has 1 saturated heterocycles. The normalized spacial score (nSPS) is 22.2. The predicted octanol–water partition coefficient (Wildman–Crippen LogP) is 4.45. The molecule has 1 spiro atoms. The lowest BCUT2D eigenvalue weighted by molar-refractivity contribution is -0.153. The van der Waals surface area contributed by atoms with Gasteiger partial charge in [-0.2, -0.15) is 5.10 Å². The highest BCUT2D eigenvalue weighted by Gasteiger charge is 2.52. The first-order valence-corrected chi connectivity index (χ1v) is 11.2. The Labute approximate surface area is 184 Å². The molecular weight excluding hydrogens is 390 g/mol. The van der Waals surface area contributed by atoms with Crippen LogP contribution < -0.4 is 9.47 Å². The summed E-state index contributed by atoms with van der Waals surface area (Å²) in [4.78, 5) is 2.49. The van der Waals surface area contributed by atoms with E-state index >= 15 is 0 Å². The topological polar surface area (TPSA) is 57.5 Å². The number of phenols is 1. The molecule has 1 fully saturated rings. The average molecular weight is 422 g/mol. The number of aromatic hydroxyl groups is 1. The number of ether oxygens (including phenoxy) is 2. The van der Waals surface area contributed by atoms with Gasteiger partial charge in [0.15, 0.2) is 11.5 Å². The molecule has 5 rings (SSSR count). The van der Waals surface area contributed by atoms with Crippen molar-refractivity contribution >= 4 is 5.71 Å². The zero-order valence-corrected chi connectivity index (χ0v) is 18.8. The summed E-state index contributed by atoms with van der Waals surface area (Å²) in [5, 5.41) is 17.8. The van der Waals surface area contributed by atoms with E-state index in [2.05, 4.69) is 29.8 Å². The highest BCUT2D eigenvalue weighted by atomic mass is 16.5. The maximum absolute atomic E-state index is 10.5. The van der Waals surface area contributed by atoms with E-state index in [4.69, 9.17) is 14.6 Å². The highest BCUT2D eigenvalue weighted by Crippen LogP contribution is 2.53. The SMILES string of the molecule is COc1cccc2c1OC1(CCN(C(C)C)CC1)N1N=C(c3cc(C)ccc3O)CC21. The molecule has 2 aromatic carbocycles. The van der Waals surface area contributed by atoms with Crippen LogP contribution in [0.15, 0.2) is 41.5 Å². The number of nitrogens with zero attached hydrogens (tertiary/aromatic N) is 3. The fraction of sp³-hybridized carbons (Fsp3) is 0.480. The van der Waals surface area contributed by atoms with Gasteiger partial charge in [0.1, 0.15) is 5.75 Å². The van der Waals surface area contributed by atoms with E-state index < -0.39 is 5.72 Å². The lowest BCUT2D eigenvalue weighted by atomic mass is 9.90. The molecule has 3 aliphatic heterocycles. The van der Waals surface area contributed by atoms with E-state index in [1.54, 1.807) is 13.2 Å². The second-order valence-corrected chi connectivity index (χ2v) is 9.19. The number of para-hydroxylation sites is 1. The van der Waals surface area contributed by atoms with Crippen molar-refractivity contribution in [1.82, 2.24) is 9.91 Å². The Hall–Kier alpha value is -2.73. The number of benzene rings is 2. The molecule has 31 heavy (non-hydrogen) atoms. The van der Waals surface area contributed by atoms with E-state index in [0.717, 1.165) is 66.3 Å². The van der Waals surface area contributed by atoms with Crippen LogP contribution >= 0.6 is 0 Å². The number of rotatable bonds is 3. The van der Waals surface area contributed by atoms with Crippen molar-refractivity contribution in [2.45, 2.75) is 57.8 Å².